The molecule has 1 atom stereocenters. The molecular formula is C32H42N4O5S. The number of rotatable bonds is 8. The van der Waals surface area contributed by atoms with Gasteiger partial charge in [0.15, 0.2) is 15.6 Å². The highest BCUT2D eigenvalue weighted by molar-refractivity contribution is 7.91. The molecule has 1 unspecified atom stereocenters. The van der Waals surface area contributed by atoms with E-state index in [1.165, 1.54) is 20.0 Å². The zero-order chi connectivity index (χ0) is 30.7. The largest absolute Gasteiger partial charge is 0.493 e. The Balaban J connectivity index is 1.61. The Bertz CT molecular complexity index is 1560. The number of nitrogens with two attached hydrogens (primary N) is 1. The fourth-order valence-electron chi connectivity index (χ4n) is 5.33. The van der Waals surface area contributed by atoms with Crippen LogP contribution in [0, 0.1) is 12.8 Å². The molecule has 0 saturated carbocycles. The first kappa shape index (κ1) is 31.3. The van der Waals surface area contributed by atoms with E-state index in [2.05, 4.69) is 15.6 Å². The molecule has 0 radical (unpaired) electrons. The number of carbonyl (C=O) groups is 1. The summed E-state index contributed by atoms with van der Waals surface area (Å²) in [6.07, 6.45) is 7.20. The lowest BCUT2D eigenvalue weighted by atomic mass is 9.85. The van der Waals surface area contributed by atoms with Gasteiger partial charge in [0.2, 0.25) is 0 Å². The minimum absolute atomic E-state index is 0.00583. The van der Waals surface area contributed by atoms with Gasteiger partial charge in [-0.25, -0.2) is 8.42 Å². The third kappa shape index (κ3) is 7.41. The van der Waals surface area contributed by atoms with Crippen molar-refractivity contribution in [3.8, 4) is 17.2 Å². The van der Waals surface area contributed by atoms with Crippen LogP contribution in [0.1, 0.15) is 67.2 Å². The summed E-state index contributed by atoms with van der Waals surface area (Å²) in [6.45, 7) is 9.77. The molecule has 0 spiro atoms. The smallest absolute Gasteiger partial charge is 0.255 e. The molecule has 9 nitrogen and oxygen atoms in total. The third-order valence-corrected chi connectivity index (χ3v) is 8.71. The number of anilines is 2. The Morgan fingerprint density at radius 1 is 1.14 bits per heavy atom. The summed E-state index contributed by atoms with van der Waals surface area (Å²) in [5, 5.41) is 6.30. The van der Waals surface area contributed by atoms with Crippen molar-refractivity contribution in [2.24, 2.45) is 5.92 Å². The first-order valence-corrected chi connectivity index (χ1v) is 16.1. The summed E-state index contributed by atoms with van der Waals surface area (Å²) >= 11 is 0. The van der Waals surface area contributed by atoms with Crippen LogP contribution in [0.15, 0.2) is 47.5 Å². The summed E-state index contributed by atoms with van der Waals surface area (Å²) < 4.78 is 37.2. The molecule has 3 aromatic rings. The molecule has 4 rings (SSSR count). The van der Waals surface area contributed by atoms with Gasteiger partial charge in [0.25, 0.3) is 5.91 Å². The van der Waals surface area contributed by atoms with Crippen LogP contribution < -0.4 is 25.8 Å². The molecule has 10 heteroatoms. The highest BCUT2D eigenvalue weighted by Crippen LogP contribution is 2.43. The first-order chi connectivity index (χ1) is 19.8. The first-order valence-electron chi connectivity index (χ1n) is 14.2. The molecule has 2 aromatic carbocycles. The number of hydrogen-bond donors (Lipinski definition) is 3. The van der Waals surface area contributed by atoms with Crippen LogP contribution in [-0.2, 0) is 21.7 Å². The summed E-state index contributed by atoms with van der Waals surface area (Å²) in [6, 6.07) is 10.6. The quantitative estimate of drug-likeness (QED) is 0.285. The number of sulfone groups is 1. The Morgan fingerprint density at radius 2 is 1.90 bits per heavy atom. The predicted molar refractivity (Wildman–Crippen MR) is 167 cm³/mol. The summed E-state index contributed by atoms with van der Waals surface area (Å²) in [4.78, 5) is 17.9. The van der Waals surface area contributed by atoms with Crippen LogP contribution in [0.2, 0.25) is 0 Å². The van der Waals surface area contributed by atoms with Crippen molar-refractivity contribution in [1.82, 2.24) is 10.3 Å². The van der Waals surface area contributed by atoms with Crippen molar-refractivity contribution in [1.29, 1.82) is 0 Å². The zero-order valence-electron chi connectivity index (χ0n) is 25.3. The lowest BCUT2D eigenvalue weighted by Gasteiger charge is -2.26. The van der Waals surface area contributed by atoms with Crippen LogP contribution in [0.5, 0.6) is 17.2 Å². The summed E-state index contributed by atoms with van der Waals surface area (Å²) in [5.41, 5.74) is 8.94. The second-order valence-corrected chi connectivity index (χ2v) is 14.0. The number of pyridine rings is 1. The predicted octanol–water partition coefficient (Wildman–Crippen LogP) is 5.66. The van der Waals surface area contributed by atoms with Gasteiger partial charge in [0.05, 0.1) is 18.5 Å². The average molecular weight is 595 g/mol. The van der Waals surface area contributed by atoms with Crippen molar-refractivity contribution in [2.45, 2.75) is 63.7 Å². The van der Waals surface area contributed by atoms with Gasteiger partial charge >= 0.3 is 0 Å². The molecule has 42 heavy (non-hydrogen) atoms. The fourth-order valence-corrected chi connectivity index (χ4v) is 6.37. The highest BCUT2D eigenvalue weighted by Gasteiger charge is 2.30. The Kier molecular flexibility index (Phi) is 9.47. The number of aryl methyl sites for hydroxylation is 1. The molecule has 1 amide bonds. The number of nitrogens with zero attached hydrogens (tertiary/aromatic N) is 1. The van der Waals surface area contributed by atoms with Crippen molar-refractivity contribution in [3.05, 3.63) is 65.0 Å². The van der Waals surface area contributed by atoms with E-state index in [-0.39, 0.29) is 22.0 Å². The standard InChI is InChI=1S/C32H42N4O5S/c1-20-9-10-22(17-27(20)41-24-12-15-35-23(18-24)16-21-8-7-13-34-14-11-21)31(37)36-26-19-25(32(2,3)4)28(33)30(29(26)40-5)42(6,38)39/h9-10,12,15,17-19,21,34H,7-8,11,13-14,16,33H2,1-6H3,(H,36,37). The molecule has 1 aliphatic rings. The number of aromatic nitrogens is 1. The van der Waals surface area contributed by atoms with Gasteiger partial charge in [-0.3, -0.25) is 9.78 Å². The monoisotopic (exact) mass is 594 g/mol. The molecular weight excluding hydrogens is 552 g/mol. The minimum atomic E-state index is -3.77. The topological polar surface area (TPSA) is 133 Å². The summed E-state index contributed by atoms with van der Waals surface area (Å²) in [7, 11) is -2.42. The maximum absolute atomic E-state index is 13.5. The van der Waals surface area contributed by atoms with Crippen molar-refractivity contribution in [3.63, 3.8) is 0 Å². The van der Waals surface area contributed by atoms with E-state index in [0.29, 0.717) is 28.5 Å². The van der Waals surface area contributed by atoms with Gasteiger partial charge in [-0.15, -0.1) is 0 Å². The zero-order valence-corrected chi connectivity index (χ0v) is 26.2. The number of amides is 1. The van der Waals surface area contributed by atoms with E-state index in [9.17, 15) is 13.2 Å². The lowest BCUT2D eigenvalue weighted by Crippen LogP contribution is -2.20. The van der Waals surface area contributed by atoms with Crippen LogP contribution in [0.25, 0.3) is 0 Å². The molecule has 2 heterocycles. The summed E-state index contributed by atoms with van der Waals surface area (Å²) in [5.74, 6) is 1.33. The normalized spacial score (nSPS) is 16.0. The molecule has 1 aliphatic heterocycles. The van der Waals surface area contributed by atoms with E-state index in [1.807, 2.05) is 45.9 Å². The third-order valence-electron chi connectivity index (χ3n) is 7.56. The number of nitrogens with one attached hydrogen (secondary N) is 2. The fraction of sp³-hybridized carbons (Fsp3) is 0.438. The van der Waals surface area contributed by atoms with Crippen LogP contribution in [-0.4, -0.2) is 45.8 Å². The van der Waals surface area contributed by atoms with Crippen LogP contribution in [0.4, 0.5) is 11.4 Å². The number of benzene rings is 2. The molecule has 1 fully saturated rings. The van der Waals surface area contributed by atoms with E-state index in [1.54, 1.807) is 24.4 Å². The number of nitrogen functional groups attached to an aromatic ring is 1. The second kappa shape index (κ2) is 12.7. The Hall–Kier alpha value is -3.63. The number of ether oxygens (including phenoxy) is 2. The number of carbonyl (C=O) groups excluding carboxylic acids is 1. The van der Waals surface area contributed by atoms with Gasteiger partial charge in [0.1, 0.15) is 16.4 Å². The Labute approximate surface area is 249 Å². The molecule has 226 valence electrons. The molecule has 1 saturated heterocycles. The highest BCUT2D eigenvalue weighted by atomic mass is 32.2. The van der Waals surface area contributed by atoms with Crippen molar-refractivity contribution < 1.29 is 22.7 Å². The number of hydrogen-bond acceptors (Lipinski definition) is 8. The van der Waals surface area contributed by atoms with Crippen molar-refractivity contribution in [2.75, 3.05) is 37.5 Å². The number of methoxy groups -OCH3 is 1. The Morgan fingerprint density at radius 3 is 2.60 bits per heavy atom. The average Bonchev–Trinajstić information content (AvgIpc) is 3.18. The van der Waals surface area contributed by atoms with Gasteiger partial charge in [0, 0.05) is 29.8 Å². The maximum Gasteiger partial charge on any atom is 0.255 e. The molecule has 1 aromatic heterocycles. The second-order valence-electron chi connectivity index (χ2n) is 12.0. The molecule has 4 N–H and O–H groups in total. The molecule has 0 aliphatic carbocycles. The van der Waals surface area contributed by atoms with Crippen LogP contribution >= 0.6 is 0 Å². The minimum Gasteiger partial charge on any atom is -0.493 e. The van der Waals surface area contributed by atoms with E-state index >= 15 is 0 Å². The molecule has 0 bridgehead atoms. The van der Waals surface area contributed by atoms with Gasteiger partial charge < -0.3 is 25.8 Å². The van der Waals surface area contributed by atoms with E-state index in [0.717, 1.165) is 43.4 Å². The van der Waals surface area contributed by atoms with Crippen molar-refractivity contribution >= 4 is 27.1 Å². The SMILES string of the molecule is COc1c(NC(=O)c2ccc(C)c(Oc3ccnc(CC4CCCNCC4)c3)c2)cc(C(C)(C)C)c(N)c1S(C)(=O)=O. The van der Waals surface area contributed by atoms with E-state index < -0.39 is 21.2 Å². The van der Waals surface area contributed by atoms with E-state index in [4.69, 9.17) is 15.2 Å². The van der Waals surface area contributed by atoms with Gasteiger partial charge in [-0.05, 0) is 92.4 Å². The lowest BCUT2D eigenvalue weighted by molar-refractivity contribution is 0.102. The van der Waals surface area contributed by atoms with Gasteiger partial charge in [-0.2, -0.15) is 0 Å². The maximum atomic E-state index is 13.5. The van der Waals surface area contributed by atoms with Crippen LogP contribution in [0.3, 0.4) is 0 Å². The van der Waals surface area contributed by atoms with Gasteiger partial charge in [-0.1, -0.05) is 26.8 Å².